The van der Waals surface area contributed by atoms with Crippen molar-refractivity contribution in [2.45, 2.75) is 20.5 Å². The van der Waals surface area contributed by atoms with Gasteiger partial charge in [0.05, 0.1) is 10.4 Å². The first-order valence-electron chi connectivity index (χ1n) is 9.25. The van der Waals surface area contributed by atoms with Gasteiger partial charge < -0.3 is 9.15 Å². The van der Waals surface area contributed by atoms with Crippen molar-refractivity contribution in [3.63, 3.8) is 0 Å². The van der Waals surface area contributed by atoms with Crippen molar-refractivity contribution in [2.24, 2.45) is 0 Å². The van der Waals surface area contributed by atoms with Crippen LogP contribution < -0.4 is 10.2 Å². The van der Waals surface area contributed by atoms with E-state index in [1.165, 1.54) is 12.1 Å². The Bertz CT molecular complexity index is 1290. The highest BCUT2D eigenvalue weighted by Gasteiger charge is 2.20. The Morgan fingerprint density at radius 2 is 1.73 bits per heavy atom. The van der Waals surface area contributed by atoms with Crippen LogP contribution in [0.2, 0.25) is 10.0 Å². The van der Waals surface area contributed by atoms with E-state index in [0.717, 1.165) is 11.1 Å². The minimum Gasteiger partial charge on any atom is -0.481 e. The van der Waals surface area contributed by atoms with E-state index >= 15 is 0 Å². The molecular weight excluding hydrogens is 426 g/mol. The van der Waals surface area contributed by atoms with Gasteiger partial charge in [0.2, 0.25) is 11.2 Å². The number of aryl methyl sites for hydroxylation is 2. The van der Waals surface area contributed by atoms with Crippen LogP contribution in [0.15, 0.2) is 63.8 Å². The van der Waals surface area contributed by atoms with E-state index < -0.39 is 5.82 Å². The van der Waals surface area contributed by atoms with E-state index in [-0.39, 0.29) is 39.5 Å². The summed E-state index contributed by atoms with van der Waals surface area (Å²) in [7, 11) is 0. The van der Waals surface area contributed by atoms with Crippen LogP contribution in [0.4, 0.5) is 4.39 Å². The predicted octanol–water partition coefficient (Wildman–Crippen LogP) is 7.10. The van der Waals surface area contributed by atoms with E-state index in [4.69, 9.17) is 32.4 Å². The maximum absolute atomic E-state index is 14.2. The monoisotopic (exact) mass is 442 g/mol. The van der Waals surface area contributed by atoms with Crippen molar-refractivity contribution >= 4 is 34.2 Å². The molecule has 0 bridgehead atoms. The molecule has 0 aliphatic rings. The third-order valence-electron chi connectivity index (χ3n) is 4.87. The molecule has 0 aliphatic heterocycles. The molecule has 1 aromatic heterocycles. The van der Waals surface area contributed by atoms with Gasteiger partial charge in [0, 0.05) is 16.1 Å². The van der Waals surface area contributed by atoms with Crippen LogP contribution in [0.25, 0.3) is 22.3 Å². The van der Waals surface area contributed by atoms with Gasteiger partial charge in [0.15, 0.2) is 5.76 Å². The largest absolute Gasteiger partial charge is 0.481 e. The molecule has 0 fully saturated rings. The summed E-state index contributed by atoms with van der Waals surface area (Å²) >= 11 is 12.3. The lowest BCUT2D eigenvalue weighted by Gasteiger charge is -2.13. The molecule has 0 atom stereocenters. The van der Waals surface area contributed by atoms with Crippen molar-refractivity contribution in [3.8, 4) is 17.1 Å². The normalized spacial score (nSPS) is 11.1. The van der Waals surface area contributed by atoms with Crippen molar-refractivity contribution in [3.05, 3.63) is 97.4 Å². The van der Waals surface area contributed by atoms with Gasteiger partial charge in [0.25, 0.3) is 0 Å². The molecular formula is C24H17Cl2FO3. The van der Waals surface area contributed by atoms with Crippen molar-refractivity contribution in [2.75, 3.05) is 0 Å². The zero-order valence-electron chi connectivity index (χ0n) is 16.3. The van der Waals surface area contributed by atoms with E-state index in [1.54, 1.807) is 18.2 Å². The van der Waals surface area contributed by atoms with Gasteiger partial charge in [-0.25, -0.2) is 4.39 Å². The number of ether oxygens (including phenoxy) is 1. The Labute approximate surface area is 182 Å². The van der Waals surface area contributed by atoms with Gasteiger partial charge in [-0.3, -0.25) is 4.79 Å². The molecule has 0 radical (unpaired) electrons. The number of halogens is 3. The lowest BCUT2D eigenvalue weighted by molar-refractivity contribution is 0.292. The Morgan fingerprint density at radius 1 is 1.00 bits per heavy atom. The minimum absolute atomic E-state index is 0.0226. The molecule has 4 aromatic rings. The van der Waals surface area contributed by atoms with Gasteiger partial charge in [0.1, 0.15) is 18.0 Å². The van der Waals surface area contributed by atoms with Crippen LogP contribution in [0.1, 0.15) is 16.7 Å². The Hall–Kier alpha value is -2.82. The molecule has 1 heterocycles. The lowest BCUT2D eigenvalue weighted by atomic mass is 10.1. The second-order valence-corrected chi connectivity index (χ2v) is 7.86. The molecule has 152 valence electrons. The van der Waals surface area contributed by atoms with Gasteiger partial charge in [-0.2, -0.15) is 0 Å². The molecule has 3 aromatic carbocycles. The fourth-order valence-corrected chi connectivity index (χ4v) is 3.52. The first kappa shape index (κ1) is 20.5. The van der Waals surface area contributed by atoms with Gasteiger partial charge in [-0.15, -0.1) is 0 Å². The summed E-state index contributed by atoms with van der Waals surface area (Å²) in [5.41, 5.74) is 2.69. The molecule has 0 unspecified atom stereocenters. The topological polar surface area (TPSA) is 39.4 Å². The van der Waals surface area contributed by atoms with Crippen LogP contribution in [0.3, 0.4) is 0 Å². The lowest BCUT2D eigenvalue weighted by Crippen LogP contribution is -2.11. The van der Waals surface area contributed by atoms with E-state index in [1.807, 2.05) is 38.1 Å². The maximum Gasteiger partial charge on any atom is 0.235 e. The SMILES string of the molecule is Cc1ccc(-c2oc3cc(C)c(Cl)cc3c(=O)c2OCc2c(F)cccc2Cl)cc1. The van der Waals surface area contributed by atoms with Crippen LogP contribution >= 0.6 is 23.2 Å². The van der Waals surface area contributed by atoms with Gasteiger partial charge >= 0.3 is 0 Å². The summed E-state index contributed by atoms with van der Waals surface area (Å²) in [5, 5.41) is 0.952. The molecule has 0 saturated heterocycles. The average Bonchev–Trinajstić information content (AvgIpc) is 2.71. The summed E-state index contributed by atoms with van der Waals surface area (Å²) in [6.45, 7) is 3.57. The summed E-state index contributed by atoms with van der Waals surface area (Å²) in [6, 6.07) is 15.1. The van der Waals surface area contributed by atoms with E-state index in [2.05, 4.69) is 0 Å². The number of rotatable bonds is 4. The zero-order valence-corrected chi connectivity index (χ0v) is 17.8. The van der Waals surface area contributed by atoms with Crippen LogP contribution in [0.5, 0.6) is 5.75 Å². The van der Waals surface area contributed by atoms with Crippen LogP contribution in [0, 0.1) is 19.7 Å². The predicted molar refractivity (Wildman–Crippen MR) is 118 cm³/mol. The molecule has 0 amide bonds. The Balaban J connectivity index is 1.90. The van der Waals surface area contributed by atoms with Crippen molar-refractivity contribution in [1.82, 2.24) is 0 Å². The van der Waals surface area contributed by atoms with E-state index in [9.17, 15) is 9.18 Å². The molecule has 3 nitrogen and oxygen atoms in total. The van der Waals surface area contributed by atoms with Crippen LogP contribution in [-0.2, 0) is 6.61 Å². The molecule has 0 spiro atoms. The van der Waals surface area contributed by atoms with Gasteiger partial charge in [-0.1, -0.05) is 59.1 Å². The number of hydrogen-bond acceptors (Lipinski definition) is 3. The maximum atomic E-state index is 14.2. The number of hydrogen-bond donors (Lipinski definition) is 0. The average molecular weight is 443 g/mol. The minimum atomic E-state index is -0.511. The van der Waals surface area contributed by atoms with Crippen LogP contribution in [-0.4, -0.2) is 0 Å². The standard InChI is InChI=1S/C24H17Cl2FO3/c1-13-6-8-15(9-7-13)23-24(29-12-17-18(25)4-3-5-20(17)27)22(28)16-11-19(26)14(2)10-21(16)30-23/h3-11H,12H2,1-2H3. The third-order valence-corrected chi connectivity index (χ3v) is 5.63. The first-order chi connectivity index (χ1) is 14.3. The fraction of sp³-hybridized carbons (Fsp3) is 0.125. The highest BCUT2D eigenvalue weighted by Crippen LogP contribution is 2.34. The fourth-order valence-electron chi connectivity index (χ4n) is 3.14. The Kier molecular flexibility index (Phi) is 5.54. The third kappa shape index (κ3) is 3.81. The number of benzene rings is 3. The smallest absolute Gasteiger partial charge is 0.235 e. The molecule has 0 saturated carbocycles. The summed E-state index contributed by atoms with van der Waals surface area (Å²) in [6.07, 6.45) is 0. The number of fused-ring (bicyclic) bond motifs is 1. The summed E-state index contributed by atoms with van der Waals surface area (Å²) < 4.78 is 26.1. The highest BCUT2D eigenvalue weighted by molar-refractivity contribution is 6.32. The quantitative estimate of drug-likeness (QED) is 0.338. The molecule has 4 rings (SSSR count). The second kappa shape index (κ2) is 8.13. The van der Waals surface area contributed by atoms with Crippen molar-refractivity contribution < 1.29 is 13.5 Å². The highest BCUT2D eigenvalue weighted by atomic mass is 35.5. The molecule has 0 N–H and O–H groups in total. The molecule has 6 heteroatoms. The molecule has 30 heavy (non-hydrogen) atoms. The van der Waals surface area contributed by atoms with Gasteiger partial charge in [-0.05, 0) is 43.7 Å². The summed E-state index contributed by atoms with van der Waals surface area (Å²) in [4.78, 5) is 13.3. The van der Waals surface area contributed by atoms with Crippen molar-refractivity contribution in [1.29, 1.82) is 0 Å². The Morgan fingerprint density at radius 3 is 2.43 bits per heavy atom. The zero-order chi connectivity index (χ0) is 21.4. The second-order valence-electron chi connectivity index (χ2n) is 7.04. The van der Waals surface area contributed by atoms with E-state index in [0.29, 0.717) is 16.2 Å². The molecule has 0 aliphatic carbocycles. The summed E-state index contributed by atoms with van der Waals surface area (Å²) in [5.74, 6) is -0.268. The first-order valence-corrected chi connectivity index (χ1v) is 10.0.